The van der Waals surface area contributed by atoms with Gasteiger partial charge in [-0.05, 0) is 24.7 Å². The molecule has 0 saturated heterocycles. The van der Waals surface area contributed by atoms with Gasteiger partial charge in [0.1, 0.15) is 0 Å². The van der Waals surface area contributed by atoms with Crippen LogP contribution >= 0.6 is 0 Å². The smallest absolute Gasteiger partial charge is 0.214 e. The van der Waals surface area contributed by atoms with E-state index in [0.29, 0.717) is 24.9 Å². The van der Waals surface area contributed by atoms with Gasteiger partial charge in [-0.3, -0.25) is 0 Å². The van der Waals surface area contributed by atoms with Gasteiger partial charge in [-0.2, -0.15) is 0 Å². The molecule has 4 nitrogen and oxygen atoms in total. The first kappa shape index (κ1) is 13.3. The second-order valence-corrected chi connectivity index (χ2v) is 7.39. The van der Waals surface area contributed by atoms with E-state index in [-0.39, 0.29) is 5.25 Å². The van der Waals surface area contributed by atoms with Crippen LogP contribution in [0.5, 0.6) is 0 Å². The van der Waals surface area contributed by atoms with Crippen LogP contribution in [0.3, 0.4) is 0 Å². The lowest BCUT2D eigenvalue weighted by Crippen LogP contribution is -2.46. The summed E-state index contributed by atoms with van der Waals surface area (Å²) in [4.78, 5) is 0. The number of nitrogens with one attached hydrogen (secondary N) is 1. The molecule has 3 N–H and O–H groups in total. The maximum Gasteiger partial charge on any atom is 0.214 e. The zero-order valence-electron chi connectivity index (χ0n) is 10.4. The van der Waals surface area contributed by atoms with E-state index >= 15 is 0 Å². The minimum Gasteiger partial charge on any atom is -0.329 e. The van der Waals surface area contributed by atoms with E-state index in [1.54, 1.807) is 0 Å². The summed E-state index contributed by atoms with van der Waals surface area (Å²) < 4.78 is 27.1. The average Bonchev–Trinajstić information content (AvgIpc) is 2.36. The lowest BCUT2D eigenvalue weighted by Gasteiger charge is -2.40. The van der Waals surface area contributed by atoms with Crippen molar-refractivity contribution < 1.29 is 8.42 Å². The Morgan fingerprint density at radius 1 is 1.06 bits per heavy atom. The van der Waals surface area contributed by atoms with Crippen molar-refractivity contribution in [1.29, 1.82) is 0 Å². The van der Waals surface area contributed by atoms with Crippen LogP contribution in [-0.2, 0) is 10.0 Å². The Hall–Kier alpha value is -0.130. The zero-order chi connectivity index (χ0) is 12.3. The predicted molar refractivity (Wildman–Crippen MR) is 69.1 cm³/mol. The van der Waals surface area contributed by atoms with Crippen molar-refractivity contribution >= 4 is 10.0 Å². The van der Waals surface area contributed by atoms with Gasteiger partial charge in [0.25, 0.3) is 0 Å². The molecule has 0 aromatic rings. The Bertz CT molecular complexity index is 340. The van der Waals surface area contributed by atoms with Gasteiger partial charge < -0.3 is 5.73 Å². The van der Waals surface area contributed by atoms with Crippen LogP contribution in [0.2, 0.25) is 0 Å². The normalized spacial score (nSPS) is 34.3. The lowest BCUT2D eigenvalue weighted by atomic mass is 9.71. The average molecular weight is 260 g/mol. The van der Waals surface area contributed by atoms with Crippen molar-refractivity contribution in [2.75, 3.05) is 13.1 Å². The van der Waals surface area contributed by atoms with Gasteiger partial charge in [0.05, 0.1) is 5.25 Å². The van der Waals surface area contributed by atoms with Gasteiger partial charge in [0.2, 0.25) is 10.0 Å². The second kappa shape index (κ2) is 5.67. The largest absolute Gasteiger partial charge is 0.329 e. The molecule has 3 atom stereocenters. The second-order valence-electron chi connectivity index (χ2n) is 5.41. The van der Waals surface area contributed by atoms with Crippen LogP contribution in [0.1, 0.15) is 44.9 Å². The summed E-state index contributed by atoms with van der Waals surface area (Å²) in [7, 11) is -3.15. The molecule has 3 unspecified atom stereocenters. The summed E-state index contributed by atoms with van der Waals surface area (Å²) in [5.74, 6) is 1.05. The van der Waals surface area contributed by atoms with E-state index in [2.05, 4.69) is 4.72 Å². The van der Waals surface area contributed by atoms with E-state index in [1.807, 2.05) is 0 Å². The van der Waals surface area contributed by atoms with Crippen molar-refractivity contribution in [2.24, 2.45) is 17.6 Å². The Morgan fingerprint density at radius 2 is 1.76 bits per heavy atom. The van der Waals surface area contributed by atoms with Gasteiger partial charge in [0, 0.05) is 13.1 Å². The molecule has 0 aliphatic heterocycles. The highest BCUT2D eigenvalue weighted by Gasteiger charge is 2.41. The molecule has 2 saturated carbocycles. The van der Waals surface area contributed by atoms with Gasteiger partial charge in [-0.15, -0.1) is 0 Å². The molecule has 0 radical (unpaired) electrons. The quantitative estimate of drug-likeness (QED) is 0.798. The molecule has 0 heterocycles. The van der Waals surface area contributed by atoms with E-state index in [0.717, 1.165) is 19.3 Å². The summed E-state index contributed by atoms with van der Waals surface area (Å²) in [6, 6.07) is 0. The first-order chi connectivity index (χ1) is 8.15. The molecular weight excluding hydrogens is 236 g/mol. The van der Waals surface area contributed by atoms with Gasteiger partial charge >= 0.3 is 0 Å². The Balaban J connectivity index is 2.07. The molecular formula is C12H24N2O2S. The predicted octanol–water partition coefficient (Wildman–Crippen LogP) is 1.22. The molecule has 0 aromatic heterocycles. The van der Waals surface area contributed by atoms with Crippen LogP contribution in [0.4, 0.5) is 0 Å². The fourth-order valence-corrected chi connectivity index (χ4v) is 5.48. The first-order valence-electron chi connectivity index (χ1n) is 6.83. The Kier molecular flexibility index (Phi) is 4.44. The van der Waals surface area contributed by atoms with Gasteiger partial charge in [0.15, 0.2) is 0 Å². The molecule has 5 heteroatoms. The molecule has 2 fully saturated rings. The van der Waals surface area contributed by atoms with Gasteiger partial charge in [-0.1, -0.05) is 32.1 Å². The molecule has 0 amide bonds. The van der Waals surface area contributed by atoms with Crippen molar-refractivity contribution in [2.45, 2.75) is 50.2 Å². The van der Waals surface area contributed by atoms with Crippen LogP contribution in [0.15, 0.2) is 0 Å². The Labute approximate surface area is 104 Å². The summed E-state index contributed by atoms with van der Waals surface area (Å²) >= 11 is 0. The standard InChI is InChI=1S/C12H24N2O2S/c13-8-9-14-17(15,16)12-7-3-5-10-4-1-2-6-11(10)12/h10-12,14H,1-9,13H2. The monoisotopic (exact) mass is 260 g/mol. The molecule has 2 rings (SSSR count). The minimum atomic E-state index is -3.15. The molecule has 0 spiro atoms. The number of fused-ring (bicyclic) bond motifs is 1. The summed E-state index contributed by atoms with van der Waals surface area (Å²) in [5.41, 5.74) is 5.37. The zero-order valence-corrected chi connectivity index (χ0v) is 11.2. The molecule has 0 aromatic carbocycles. The molecule has 2 aliphatic rings. The summed E-state index contributed by atoms with van der Waals surface area (Å²) in [6.07, 6.45) is 7.94. The minimum absolute atomic E-state index is 0.159. The van der Waals surface area contributed by atoms with Crippen molar-refractivity contribution in [3.05, 3.63) is 0 Å². The molecule has 100 valence electrons. The summed E-state index contributed by atoms with van der Waals surface area (Å²) in [6.45, 7) is 0.746. The fourth-order valence-electron chi connectivity index (χ4n) is 3.57. The topological polar surface area (TPSA) is 72.2 Å². The van der Waals surface area contributed by atoms with E-state index < -0.39 is 10.0 Å². The number of hydrogen-bond acceptors (Lipinski definition) is 3. The lowest BCUT2D eigenvalue weighted by molar-refractivity contribution is 0.173. The van der Waals surface area contributed by atoms with Crippen LogP contribution in [0.25, 0.3) is 0 Å². The third-order valence-electron chi connectivity index (χ3n) is 4.36. The van der Waals surface area contributed by atoms with E-state index in [4.69, 9.17) is 5.73 Å². The van der Waals surface area contributed by atoms with Crippen LogP contribution in [0, 0.1) is 11.8 Å². The summed E-state index contributed by atoms with van der Waals surface area (Å²) in [5, 5.41) is -0.159. The molecule has 2 aliphatic carbocycles. The van der Waals surface area contributed by atoms with Crippen molar-refractivity contribution in [1.82, 2.24) is 4.72 Å². The maximum absolute atomic E-state index is 12.2. The number of nitrogens with two attached hydrogens (primary N) is 1. The maximum atomic E-state index is 12.2. The Morgan fingerprint density at radius 3 is 2.53 bits per heavy atom. The number of rotatable bonds is 4. The third-order valence-corrected chi connectivity index (χ3v) is 6.34. The number of sulfonamides is 1. The van der Waals surface area contributed by atoms with Crippen molar-refractivity contribution in [3.8, 4) is 0 Å². The number of hydrogen-bond donors (Lipinski definition) is 2. The SMILES string of the molecule is NCCNS(=O)(=O)C1CCCC2CCCCC21. The van der Waals surface area contributed by atoms with E-state index in [9.17, 15) is 8.42 Å². The highest BCUT2D eigenvalue weighted by molar-refractivity contribution is 7.90. The highest BCUT2D eigenvalue weighted by atomic mass is 32.2. The molecule has 17 heavy (non-hydrogen) atoms. The van der Waals surface area contributed by atoms with Crippen LogP contribution < -0.4 is 10.5 Å². The van der Waals surface area contributed by atoms with Gasteiger partial charge in [-0.25, -0.2) is 13.1 Å². The molecule has 0 bridgehead atoms. The van der Waals surface area contributed by atoms with Crippen molar-refractivity contribution in [3.63, 3.8) is 0 Å². The van der Waals surface area contributed by atoms with E-state index in [1.165, 1.54) is 25.7 Å². The first-order valence-corrected chi connectivity index (χ1v) is 8.38. The fraction of sp³-hybridized carbons (Fsp3) is 1.00. The highest BCUT2D eigenvalue weighted by Crippen LogP contribution is 2.42. The van der Waals surface area contributed by atoms with Crippen LogP contribution in [-0.4, -0.2) is 26.8 Å². The third kappa shape index (κ3) is 3.01.